The molecule has 1 aromatic heterocycles. The maximum absolute atomic E-state index is 12.1. The van der Waals surface area contributed by atoms with E-state index in [4.69, 9.17) is 4.74 Å². The molecule has 1 atom stereocenters. The highest BCUT2D eigenvalue weighted by atomic mass is 16.5. The number of rotatable bonds is 7. The third-order valence-corrected chi connectivity index (χ3v) is 4.05. The maximum atomic E-state index is 12.1. The van der Waals surface area contributed by atoms with Gasteiger partial charge < -0.3 is 14.6 Å². The van der Waals surface area contributed by atoms with Gasteiger partial charge in [-0.05, 0) is 18.4 Å². The average Bonchev–Trinajstić information content (AvgIpc) is 2.54. The van der Waals surface area contributed by atoms with Gasteiger partial charge in [0, 0.05) is 37.9 Å². The molecule has 6 nitrogen and oxygen atoms in total. The van der Waals surface area contributed by atoms with E-state index < -0.39 is 0 Å². The lowest BCUT2D eigenvalue weighted by Crippen LogP contribution is -2.49. The van der Waals surface area contributed by atoms with Crippen molar-refractivity contribution < 1.29 is 9.53 Å². The van der Waals surface area contributed by atoms with Gasteiger partial charge in [-0.2, -0.15) is 0 Å². The van der Waals surface area contributed by atoms with Gasteiger partial charge in [-0.3, -0.25) is 14.5 Å². The van der Waals surface area contributed by atoms with Crippen LogP contribution in [-0.4, -0.2) is 54.3 Å². The molecule has 1 N–H and O–H groups in total. The van der Waals surface area contributed by atoms with Crippen molar-refractivity contribution in [2.75, 3.05) is 32.8 Å². The zero-order valence-corrected chi connectivity index (χ0v) is 14.0. The van der Waals surface area contributed by atoms with Gasteiger partial charge in [0.15, 0.2) is 0 Å². The Morgan fingerprint density at radius 1 is 1.30 bits per heavy atom. The molecular formula is C17H27N3O3. The molecule has 0 spiro atoms. The van der Waals surface area contributed by atoms with Gasteiger partial charge in [0.05, 0.1) is 13.2 Å². The zero-order valence-electron chi connectivity index (χ0n) is 14.0. The lowest BCUT2D eigenvalue weighted by atomic mass is 10.0. The SMILES string of the molecule is CC(C)CC(CNC(=O)Cn1ccccc1=O)N1CCOCC1. The van der Waals surface area contributed by atoms with Gasteiger partial charge in [-0.25, -0.2) is 0 Å². The summed E-state index contributed by atoms with van der Waals surface area (Å²) in [4.78, 5) is 26.2. The molecule has 23 heavy (non-hydrogen) atoms. The monoisotopic (exact) mass is 321 g/mol. The molecule has 1 saturated heterocycles. The van der Waals surface area contributed by atoms with Crippen molar-refractivity contribution in [1.29, 1.82) is 0 Å². The summed E-state index contributed by atoms with van der Waals surface area (Å²) in [7, 11) is 0. The number of aromatic nitrogens is 1. The summed E-state index contributed by atoms with van der Waals surface area (Å²) in [6.07, 6.45) is 2.67. The minimum absolute atomic E-state index is 0.0666. The number of amides is 1. The van der Waals surface area contributed by atoms with E-state index >= 15 is 0 Å². The van der Waals surface area contributed by atoms with Crippen LogP contribution in [0.15, 0.2) is 29.2 Å². The summed E-state index contributed by atoms with van der Waals surface area (Å²) in [5.74, 6) is 0.441. The van der Waals surface area contributed by atoms with Crippen molar-refractivity contribution in [3.05, 3.63) is 34.7 Å². The van der Waals surface area contributed by atoms with E-state index in [0.717, 1.165) is 32.7 Å². The second kappa shape index (κ2) is 8.84. The summed E-state index contributed by atoms with van der Waals surface area (Å²) in [5, 5.41) is 2.98. The third kappa shape index (κ3) is 5.80. The number of hydrogen-bond acceptors (Lipinski definition) is 4. The van der Waals surface area contributed by atoms with Crippen LogP contribution in [0, 0.1) is 5.92 Å². The van der Waals surface area contributed by atoms with Crippen LogP contribution in [0.5, 0.6) is 0 Å². The lowest BCUT2D eigenvalue weighted by molar-refractivity contribution is -0.122. The Morgan fingerprint density at radius 3 is 2.70 bits per heavy atom. The van der Waals surface area contributed by atoms with E-state index in [1.807, 2.05) is 0 Å². The van der Waals surface area contributed by atoms with Crippen LogP contribution in [0.25, 0.3) is 0 Å². The number of carbonyl (C=O) groups excluding carboxylic acids is 1. The van der Waals surface area contributed by atoms with Crippen LogP contribution in [-0.2, 0) is 16.1 Å². The minimum Gasteiger partial charge on any atom is -0.379 e. The Kier molecular flexibility index (Phi) is 6.80. The van der Waals surface area contributed by atoms with Crippen molar-refractivity contribution >= 4 is 5.91 Å². The lowest BCUT2D eigenvalue weighted by Gasteiger charge is -2.35. The first-order chi connectivity index (χ1) is 11.1. The number of morpholine rings is 1. The quantitative estimate of drug-likeness (QED) is 0.803. The Morgan fingerprint density at radius 2 is 2.04 bits per heavy atom. The molecule has 1 fully saturated rings. The summed E-state index contributed by atoms with van der Waals surface area (Å²) in [6.45, 7) is 8.38. The highest BCUT2D eigenvalue weighted by Crippen LogP contribution is 2.12. The van der Waals surface area contributed by atoms with Crippen molar-refractivity contribution in [3.8, 4) is 0 Å². The average molecular weight is 321 g/mol. The normalized spacial score (nSPS) is 17.2. The summed E-state index contributed by atoms with van der Waals surface area (Å²) in [6, 6.07) is 5.20. The molecule has 0 radical (unpaired) electrons. The van der Waals surface area contributed by atoms with E-state index in [1.165, 1.54) is 10.6 Å². The standard InChI is InChI=1S/C17H27N3O3/c1-14(2)11-15(19-7-9-23-10-8-19)12-18-16(21)13-20-6-4-3-5-17(20)22/h3-6,14-15H,7-13H2,1-2H3,(H,18,21). The highest BCUT2D eigenvalue weighted by Gasteiger charge is 2.22. The largest absolute Gasteiger partial charge is 0.379 e. The van der Waals surface area contributed by atoms with E-state index in [1.54, 1.807) is 18.3 Å². The topological polar surface area (TPSA) is 63.6 Å². The fourth-order valence-electron chi connectivity index (χ4n) is 2.88. The van der Waals surface area contributed by atoms with Gasteiger partial charge in [-0.1, -0.05) is 19.9 Å². The molecule has 2 heterocycles. The van der Waals surface area contributed by atoms with Crippen LogP contribution in [0.4, 0.5) is 0 Å². The second-order valence-electron chi connectivity index (χ2n) is 6.40. The second-order valence-corrected chi connectivity index (χ2v) is 6.40. The molecule has 1 aromatic rings. The molecule has 6 heteroatoms. The molecular weight excluding hydrogens is 294 g/mol. The van der Waals surface area contributed by atoms with Crippen molar-refractivity contribution in [2.24, 2.45) is 5.92 Å². The van der Waals surface area contributed by atoms with Crippen LogP contribution >= 0.6 is 0 Å². The van der Waals surface area contributed by atoms with Crippen LogP contribution in [0.2, 0.25) is 0 Å². The molecule has 0 bridgehead atoms. The fraction of sp³-hybridized carbons (Fsp3) is 0.647. The van der Waals surface area contributed by atoms with Gasteiger partial charge in [-0.15, -0.1) is 0 Å². The van der Waals surface area contributed by atoms with Crippen molar-refractivity contribution in [2.45, 2.75) is 32.9 Å². The Balaban J connectivity index is 1.88. The summed E-state index contributed by atoms with van der Waals surface area (Å²) < 4.78 is 6.82. The molecule has 2 rings (SSSR count). The van der Waals surface area contributed by atoms with Crippen LogP contribution in [0.3, 0.4) is 0 Å². The molecule has 1 amide bonds. The maximum Gasteiger partial charge on any atom is 0.250 e. The number of hydrogen-bond donors (Lipinski definition) is 1. The number of pyridine rings is 1. The molecule has 1 aliphatic rings. The smallest absolute Gasteiger partial charge is 0.250 e. The molecule has 0 aromatic carbocycles. The Hall–Kier alpha value is -1.66. The predicted molar refractivity (Wildman–Crippen MR) is 89.3 cm³/mol. The minimum atomic E-state index is -0.158. The fourth-order valence-corrected chi connectivity index (χ4v) is 2.88. The van der Waals surface area contributed by atoms with Gasteiger partial charge >= 0.3 is 0 Å². The third-order valence-electron chi connectivity index (χ3n) is 4.05. The number of nitrogens with zero attached hydrogens (tertiary/aromatic N) is 2. The van der Waals surface area contributed by atoms with E-state index in [-0.39, 0.29) is 18.0 Å². The summed E-state index contributed by atoms with van der Waals surface area (Å²) in [5.41, 5.74) is -0.158. The number of carbonyl (C=O) groups is 1. The van der Waals surface area contributed by atoms with Crippen LogP contribution < -0.4 is 10.9 Å². The molecule has 128 valence electrons. The van der Waals surface area contributed by atoms with E-state index in [9.17, 15) is 9.59 Å². The zero-order chi connectivity index (χ0) is 16.7. The van der Waals surface area contributed by atoms with Gasteiger partial charge in [0.25, 0.3) is 5.56 Å². The van der Waals surface area contributed by atoms with E-state index in [0.29, 0.717) is 18.5 Å². The first kappa shape index (κ1) is 17.7. The first-order valence-corrected chi connectivity index (χ1v) is 8.30. The number of ether oxygens (including phenoxy) is 1. The Bertz CT molecular complexity index is 550. The molecule has 0 aliphatic carbocycles. The molecule has 1 unspecified atom stereocenters. The van der Waals surface area contributed by atoms with Crippen LogP contribution in [0.1, 0.15) is 20.3 Å². The van der Waals surface area contributed by atoms with Gasteiger partial charge in [0.1, 0.15) is 6.54 Å². The number of nitrogens with one attached hydrogen (secondary N) is 1. The van der Waals surface area contributed by atoms with E-state index in [2.05, 4.69) is 24.1 Å². The van der Waals surface area contributed by atoms with Gasteiger partial charge in [0.2, 0.25) is 5.91 Å². The predicted octanol–water partition coefficient (Wildman–Crippen LogP) is 0.711. The molecule has 1 aliphatic heterocycles. The van der Waals surface area contributed by atoms with Crippen molar-refractivity contribution in [1.82, 2.24) is 14.8 Å². The Labute approximate surface area is 137 Å². The molecule has 0 saturated carbocycles. The highest BCUT2D eigenvalue weighted by molar-refractivity contribution is 5.75. The first-order valence-electron chi connectivity index (χ1n) is 8.30. The summed E-state index contributed by atoms with van der Waals surface area (Å²) >= 11 is 0. The van der Waals surface area contributed by atoms with Crippen molar-refractivity contribution in [3.63, 3.8) is 0 Å².